The van der Waals surface area contributed by atoms with E-state index in [1.807, 2.05) is 43.3 Å². The topological polar surface area (TPSA) is 32.8 Å². The molecule has 128 valence electrons. The number of anilines is 1. The van der Waals surface area contributed by atoms with Gasteiger partial charge in [-0.2, -0.15) is 0 Å². The lowest BCUT2D eigenvalue weighted by atomic mass is 10.2. The van der Waals surface area contributed by atoms with E-state index in [0.29, 0.717) is 22.3 Å². The summed E-state index contributed by atoms with van der Waals surface area (Å²) < 4.78 is 5.47. The van der Waals surface area contributed by atoms with Crippen molar-refractivity contribution in [3.8, 4) is 5.75 Å². The van der Waals surface area contributed by atoms with Gasteiger partial charge in [0.2, 0.25) is 0 Å². The molecule has 2 aromatic carbocycles. The van der Waals surface area contributed by atoms with Crippen LogP contribution in [0.5, 0.6) is 5.75 Å². The largest absolute Gasteiger partial charge is 0.482 e. The van der Waals surface area contributed by atoms with Crippen molar-refractivity contribution in [2.75, 3.05) is 32.6 Å². The summed E-state index contributed by atoms with van der Waals surface area (Å²) in [5, 5.41) is 0.911. The Bertz CT molecular complexity index is 703. The number of ether oxygens (including phenoxy) is 1. The SMILES string of the molecule is CN(Cc1ccc(N(C)C)cc1)C(=O)COc1ccc(Cl)cc1Cl. The van der Waals surface area contributed by atoms with Gasteiger partial charge in [0.1, 0.15) is 5.75 Å². The van der Waals surface area contributed by atoms with Gasteiger partial charge in [-0.15, -0.1) is 0 Å². The van der Waals surface area contributed by atoms with E-state index in [0.717, 1.165) is 11.3 Å². The summed E-state index contributed by atoms with van der Waals surface area (Å²) in [4.78, 5) is 15.8. The predicted octanol–water partition coefficient (Wildman–Crippen LogP) is 4.10. The summed E-state index contributed by atoms with van der Waals surface area (Å²) in [6, 6.07) is 13.0. The molecule has 0 radical (unpaired) electrons. The van der Waals surface area contributed by atoms with Gasteiger partial charge in [0.15, 0.2) is 6.61 Å². The van der Waals surface area contributed by atoms with Gasteiger partial charge in [0.25, 0.3) is 5.91 Å². The molecule has 0 spiro atoms. The third-order valence-electron chi connectivity index (χ3n) is 3.54. The minimum absolute atomic E-state index is 0.0758. The lowest BCUT2D eigenvalue weighted by Gasteiger charge is -2.19. The maximum absolute atomic E-state index is 12.2. The van der Waals surface area contributed by atoms with Gasteiger partial charge < -0.3 is 14.5 Å². The van der Waals surface area contributed by atoms with Crippen LogP contribution in [0.25, 0.3) is 0 Å². The zero-order chi connectivity index (χ0) is 17.7. The van der Waals surface area contributed by atoms with Crippen LogP contribution in [-0.4, -0.2) is 38.6 Å². The van der Waals surface area contributed by atoms with Crippen LogP contribution in [0.15, 0.2) is 42.5 Å². The molecule has 0 aromatic heterocycles. The number of carbonyl (C=O) groups is 1. The first-order valence-electron chi connectivity index (χ1n) is 7.45. The van der Waals surface area contributed by atoms with E-state index in [9.17, 15) is 4.79 Å². The summed E-state index contributed by atoms with van der Waals surface area (Å²) in [5.74, 6) is 0.316. The minimum Gasteiger partial charge on any atom is -0.482 e. The number of likely N-dealkylation sites (N-methyl/N-ethyl adjacent to an activating group) is 1. The number of nitrogens with zero attached hydrogens (tertiary/aromatic N) is 2. The fourth-order valence-electron chi connectivity index (χ4n) is 2.10. The first kappa shape index (κ1) is 18.4. The number of hydrogen-bond donors (Lipinski definition) is 0. The minimum atomic E-state index is -0.127. The van der Waals surface area contributed by atoms with Gasteiger partial charge in [-0.25, -0.2) is 0 Å². The average molecular weight is 367 g/mol. The Morgan fingerprint density at radius 3 is 2.29 bits per heavy atom. The van der Waals surface area contributed by atoms with Crippen molar-refractivity contribution in [1.29, 1.82) is 0 Å². The van der Waals surface area contributed by atoms with Crippen molar-refractivity contribution < 1.29 is 9.53 Å². The van der Waals surface area contributed by atoms with E-state index in [1.165, 1.54) is 0 Å². The Kier molecular flexibility index (Phi) is 6.35. The molecule has 1 amide bonds. The Balaban J connectivity index is 1.89. The van der Waals surface area contributed by atoms with Crippen LogP contribution >= 0.6 is 23.2 Å². The lowest BCUT2D eigenvalue weighted by Crippen LogP contribution is -2.31. The van der Waals surface area contributed by atoms with E-state index in [2.05, 4.69) is 0 Å². The molecule has 0 aliphatic rings. The van der Waals surface area contributed by atoms with Crippen molar-refractivity contribution in [1.82, 2.24) is 4.90 Å². The fraction of sp³-hybridized carbons (Fsp3) is 0.278. The van der Waals surface area contributed by atoms with E-state index in [1.54, 1.807) is 30.1 Å². The normalized spacial score (nSPS) is 10.4. The van der Waals surface area contributed by atoms with Crippen LogP contribution in [0.4, 0.5) is 5.69 Å². The Morgan fingerprint density at radius 1 is 1.04 bits per heavy atom. The molecule has 6 heteroatoms. The van der Waals surface area contributed by atoms with Gasteiger partial charge in [0, 0.05) is 38.4 Å². The Morgan fingerprint density at radius 2 is 1.71 bits per heavy atom. The number of rotatable bonds is 6. The standard InChI is InChI=1S/C18H20Cl2N2O2/c1-21(2)15-7-4-13(5-8-15)11-22(3)18(23)12-24-17-9-6-14(19)10-16(17)20/h4-10H,11-12H2,1-3H3. The van der Waals surface area contributed by atoms with Crippen LogP contribution in [-0.2, 0) is 11.3 Å². The fourth-order valence-corrected chi connectivity index (χ4v) is 2.57. The molecule has 2 aromatic rings. The monoisotopic (exact) mass is 366 g/mol. The summed E-state index contributed by atoms with van der Waals surface area (Å²) in [5.41, 5.74) is 2.18. The van der Waals surface area contributed by atoms with Crippen LogP contribution in [0.3, 0.4) is 0 Å². The number of carbonyl (C=O) groups excluding carboxylic acids is 1. The Labute approximate surface area is 152 Å². The number of hydrogen-bond acceptors (Lipinski definition) is 3. The van der Waals surface area contributed by atoms with Crippen LogP contribution in [0.1, 0.15) is 5.56 Å². The van der Waals surface area contributed by atoms with Crippen LogP contribution in [0, 0.1) is 0 Å². The molecule has 0 fully saturated rings. The second-order valence-corrected chi connectivity index (χ2v) is 6.52. The van der Waals surface area contributed by atoms with Gasteiger partial charge in [-0.3, -0.25) is 4.79 Å². The maximum atomic E-state index is 12.2. The summed E-state index contributed by atoms with van der Waals surface area (Å²) >= 11 is 11.9. The molecule has 0 aliphatic carbocycles. The molecule has 0 aliphatic heterocycles. The van der Waals surface area contributed by atoms with Gasteiger partial charge in [-0.1, -0.05) is 35.3 Å². The molecular formula is C18H20Cl2N2O2. The number of halogens is 2. The molecular weight excluding hydrogens is 347 g/mol. The molecule has 4 nitrogen and oxygen atoms in total. The molecule has 2 rings (SSSR count). The molecule has 0 N–H and O–H groups in total. The third-order valence-corrected chi connectivity index (χ3v) is 4.07. The smallest absolute Gasteiger partial charge is 0.260 e. The van der Waals surface area contributed by atoms with E-state index in [4.69, 9.17) is 27.9 Å². The lowest BCUT2D eigenvalue weighted by molar-refractivity contribution is -0.132. The molecule has 0 saturated heterocycles. The molecule has 0 heterocycles. The second-order valence-electron chi connectivity index (χ2n) is 5.67. The highest BCUT2D eigenvalue weighted by Gasteiger charge is 2.12. The molecule has 0 bridgehead atoms. The van der Waals surface area contributed by atoms with Gasteiger partial charge in [-0.05, 0) is 35.9 Å². The summed E-state index contributed by atoms with van der Waals surface area (Å²) in [6.45, 7) is 0.442. The average Bonchev–Trinajstić information content (AvgIpc) is 2.54. The van der Waals surface area contributed by atoms with Crippen LogP contribution in [0.2, 0.25) is 10.0 Å². The van der Waals surface area contributed by atoms with E-state index in [-0.39, 0.29) is 12.5 Å². The van der Waals surface area contributed by atoms with E-state index >= 15 is 0 Å². The second kappa shape index (κ2) is 8.27. The molecule has 24 heavy (non-hydrogen) atoms. The van der Waals surface area contributed by atoms with Crippen molar-refractivity contribution in [2.24, 2.45) is 0 Å². The first-order valence-corrected chi connectivity index (χ1v) is 8.20. The molecule has 0 saturated carbocycles. The Hall–Kier alpha value is -1.91. The zero-order valence-corrected chi connectivity index (χ0v) is 15.4. The van der Waals surface area contributed by atoms with Crippen molar-refractivity contribution in [2.45, 2.75) is 6.54 Å². The molecule has 0 atom stereocenters. The predicted molar refractivity (Wildman–Crippen MR) is 99.2 cm³/mol. The van der Waals surface area contributed by atoms with Gasteiger partial charge in [0.05, 0.1) is 5.02 Å². The van der Waals surface area contributed by atoms with Crippen molar-refractivity contribution >= 4 is 34.8 Å². The number of amides is 1. The van der Waals surface area contributed by atoms with Crippen LogP contribution < -0.4 is 9.64 Å². The van der Waals surface area contributed by atoms with Crippen molar-refractivity contribution in [3.63, 3.8) is 0 Å². The maximum Gasteiger partial charge on any atom is 0.260 e. The zero-order valence-electron chi connectivity index (χ0n) is 13.9. The first-order chi connectivity index (χ1) is 11.4. The van der Waals surface area contributed by atoms with E-state index < -0.39 is 0 Å². The quantitative estimate of drug-likeness (QED) is 0.771. The highest BCUT2D eigenvalue weighted by molar-refractivity contribution is 6.35. The third kappa shape index (κ3) is 5.05. The molecule has 0 unspecified atom stereocenters. The van der Waals surface area contributed by atoms with Crippen molar-refractivity contribution in [3.05, 3.63) is 58.1 Å². The van der Waals surface area contributed by atoms with Gasteiger partial charge >= 0.3 is 0 Å². The highest BCUT2D eigenvalue weighted by atomic mass is 35.5. The number of benzene rings is 2. The summed E-state index contributed by atoms with van der Waals surface area (Å²) in [7, 11) is 5.72. The highest BCUT2D eigenvalue weighted by Crippen LogP contribution is 2.27. The summed E-state index contributed by atoms with van der Waals surface area (Å²) in [6.07, 6.45) is 0.